The molecule has 0 bridgehead atoms. The van der Waals surface area contributed by atoms with Gasteiger partial charge >= 0.3 is 12.2 Å². The molecule has 1 aliphatic heterocycles. The van der Waals surface area contributed by atoms with E-state index in [2.05, 4.69) is 5.32 Å². The van der Waals surface area contributed by atoms with Gasteiger partial charge in [0.1, 0.15) is 0 Å². The van der Waals surface area contributed by atoms with E-state index < -0.39 is 17.8 Å². The van der Waals surface area contributed by atoms with Gasteiger partial charge in [0.15, 0.2) is 0 Å². The lowest BCUT2D eigenvalue weighted by Gasteiger charge is -2.31. The molecule has 3 aromatic carbocycles. The zero-order chi connectivity index (χ0) is 20.8. The van der Waals surface area contributed by atoms with E-state index in [1.165, 1.54) is 34.9 Å². The molecule has 0 saturated heterocycles. The largest absolute Gasteiger partial charge is 0.416 e. The van der Waals surface area contributed by atoms with Crippen LogP contribution in [0.4, 0.5) is 35.0 Å². The van der Waals surface area contributed by atoms with E-state index >= 15 is 0 Å². The maximum absolute atomic E-state index is 13.3. The molecule has 1 heterocycles. The Hall–Kier alpha value is -2.35. The first-order valence-electron chi connectivity index (χ1n) is 8.28. The predicted molar refractivity (Wildman–Crippen MR) is 110 cm³/mol. The number of nitrogens with zero attached hydrogens (tertiary/aromatic N) is 1. The van der Waals surface area contributed by atoms with Gasteiger partial charge in [-0.25, -0.2) is 4.79 Å². The minimum Gasteiger partial charge on any atom is -0.307 e. The summed E-state index contributed by atoms with van der Waals surface area (Å²) in [6.07, 6.45) is -4.53. The average Bonchev–Trinajstić information content (AvgIpc) is 2.67. The van der Waals surface area contributed by atoms with Gasteiger partial charge < -0.3 is 5.32 Å². The molecular formula is C20H11Cl2F3N2OS. The number of rotatable bonds is 1. The van der Waals surface area contributed by atoms with E-state index in [-0.39, 0.29) is 10.7 Å². The van der Waals surface area contributed by atoms with Crippen LogP contribution < -0.4 is 10.2 Å². The Morgan fingerprint density at radius 3 is 2.34 bits per heavy atom. The highest BCUT2D eigenvalue weighted by atomic mass is 35.5. The normalized spacial score (nSPS) is 12.9. The lowest BCUT2D eigenvalue weighted by molar-refractivity contribution is -0.137. The topological polar surface area (TPSA) is 32.3 Å². The average molecular weight is 455 g/mol. The molecule has 9 heteroatoms. The fourth-order valence-corrected chi connectivity index (χ4v) is 4.24. The molecule has 0 fully saturated rings. The number of benzene rings is 3. The number of nitrogens with one attached hydrogen (secondary N) is 1. The van der Waals surface area contributed by atoms with Gasteiger partial charge in [-0.05, 0) is 48.5 Å². The molecule has 3 aromatic rings. The number of hydrogen-bond donors (Lipinski definition) is 1. The van der Waals surface area contributed by atoms with Crippen LogP contribution in [0.1, 0.15) is 5.56 Å². The maximum Gasteiger partial charge on any atom is 0.416 e. The van der Waals surface area contributed by atoms with Crippen molar-refractivity contribution in [3.05, 3.63) is 76.3 Å². The fourth-order valence-electron chi connectivity index (χ4n) is 2.90. The summed E-state index contributed by atoms with van der Waals surface area (Å²) in [4.78, 5) is 15.6. The third kappa shape index (κ3) is 3.90. The van der Waals surface area contributed by atoms with Gasteiger partial charge in [-0.1, -0.05) is 47.1 Å². The van der Waals surface area contributed by atoms with Crippen LogP contribution in [0.5, 0.6) is 0 Å². The number of halogens is 5. The van der Waals surface area contributed by atoms with Crippen molar-refractivity contribution >= 4 is 58.1 Å². The first kappa shape index (κ1) is 19.9. The fraction of sp³-hybridized carbons (Fsp3) is 0.0500. The molecule has 0 atom stereocenters. The van der Waals surface area contributed by atoms with Gasteiger partial charge in [0.25, 0.3) is 0 Å². The monoisotopic (exact) mass is 454 g/mol. The number of hydrogen-bond acceptors (Lipinski definition) is 2. The Balaban J connectivity index is 1.79. The minimum atomic E-state index is -4.53. The molecule has 4 rings (SSSR count). The number of urea groups is 1. The van der Waals surface area contributed by atoms with Crippen LogP contribution in [0.15, 0.2) is 70.5 Å². The van der Waals surface area contributed by atoms with Crippen molar-refractivity contribution in [1.29, 1.82) is 0 Å². The van der Waals surface area contributed by atoms with E-state index in [9.17, 15) is 18.0 Å². The Morgan fingerprint density at radius 2 is 1.62 bits per heavy atom. The first-order valence-corrected chi connectivity index (χ1v) is 9.85. The lowest BCUT2D eigenvalue weighted by atomic mass is 10.1. The molecule has 1 aliphatic rings. The summed E-state index contributed by atoms with van der Waals surface area (Å²) < 4.78 is 39.8. The van der Waals surface area contributed by atoms with Crippen LogP contribution in [-0.4, -0.2) is 6.03 Å². The second kappa shape index (κ2) is 7.48. The van der Waals surface area contributed by atoms with Gasteiger partial charge in [0, 0.05) is 15.5 Å². The number of carbonyl (C=O) groups excluding carboxylic acids is 1. The Bertz CT molecular complexity index is 1120. The molecule has 1 N–H and O–H groups in total. The highest BCUT2D eigenvalue weighted by Gasteiger charge is 2.35. The summed E-state index contributed by atoms with van der Waals surface area (Å²) in [5.74, 6) is 0. The predicted octanol–water partition coefficient (Wildman–Crippen LogP) is 7.85. The van der Waals surface area contributed by atoms with Crippen molar-refractivity contribution in [2.24, 2.45) is 0 Å². The zero-order valence-corrected chi connectivity index (χ0v) is 16.8. The Labute approximate surface area is 178 Å². The number of carbonyl (C=O) groups is 1. The smallest absolute Gasteiger partial charge is 0.307 e. The summed E-state index contributed by atoms with van der Waals surface area (Å²) >= 11 is 13.2. The third-order valence-electron chi connectivity index (χ3n) is 4.23. The summed E-state index contributed by atoms with van der Waals surface area (Å²) in [5.41, 5.74) is 0.181. The maximum atomic E-state index is 13.3. The molecule has 0 aromatic heterocycles. The third-order valence-corrected chi connectivity index (χ3v) is 6.10. The number of para-hydroxylation sites is 1. The van der Waals surface area contributed by atoms with Crippen molar-refractivity contribution in [1.82, 2.24) is 0 Å². The van der Waals surface area contributed by atoms with Crippen LogP contribution in [-0.2, 0) is 6.18 Å². The quantitative estimate of drug-likeness (QED) is 0.405. The van der Waals surface area contributed by atoms with Crippen LogP contribution in [0, 0.1) is 0 Å². The molecule has 2 amide bonds. The van der Waals surface area contributed by atoms with Crippen molar-refractivity contribution in [2.45, 2.75) is 16.0 Å². The molecule has 148 valence electrons. The van der Waals surface area contributed by atoms with Crippen LogP contribution in [0.3, 0.4) is 0 Å². The Kier molecular flexibility index (Phi) is 5.14. The molecule has 29 heavy (non-hydrogen) atoms. The van der Waals surface area contributed by atoms with E-state index in [1.807, 2.05) is 0 Å². The van der Waals surface area contributed by atoms with E-state index in [1.54, 1.807) is 30.3 Å². The van der Waals surface area contributed by atoms with E-state index in [0.29, 0.717) is 21.3 Å². The van der Waals surface area contributed by atoms with Gasteiger partial charge in [0.2, 0.25) is 0 Å². The summed E-state index contributed by atoms with van der Waals surface area (Å²) in [5, 5.41) is 3.25. The first-order chi connectivity index (χ1) is 13.7. The SMILES string of the molecule is O=C(Nc1ccc(Cl)c(Cl)c1)N1c2ccccc2Sc2ccc(C(F)(F)F)cc21. The van der Waals surface area contributed by atoms with Crippen LogP contribution in [0.25, 0.3) is 0 Å². The summed E-state index contributed by atoms with van der Waals surface area (Å²) in [7, 11) is 0. The molecule has 0 unspecified atom stereocenters. The number of alkyl halides is 3. The highest BCUT2D eigenvalue weighted by Crippen LogP contribution is 2.49. The molecule has 0 aliphatic carbocycles. The number of amides is 2. The van der Waals surface area contributed by atoms with Crippen LogP contribution >= 0.6 is 35.0 Å². The summed E-state index contributed by atoms with van der Waals surface area (Å²) in [6.45, 7) is 0. The molecule has 3 nitrogen and oxygen atoms in total. The molecule has 0 radical (unpaired) electrons. The highest BCUT2D eigenvalue weighted by molar-refractivity contribution is 7.99. The van der Waals surface area contributed by atoms with Crippen molar-refractivity contribution in [2.75, 3.05) is 10.2 Å². The lowest BCUT2D eigenvalue weighted by Crippen LogP contribution is -2.33. The number of anilines is 3. The van der Waals surface area contributed by atoms with Crippen molar-refractivity contribution < 1.29 is 18.0 Å². The summed E-state index contributed by atoms with van der Waals surface area (Å²) in [6, 6.07) is 14.3. The van der Waals surface area contributed by atoms with Gasteiger partial charge in [0.05, 0.1) is 27.0 Å². The van der Waals surface area contributed by atoms with Crippen LogP contribution in [0.2, 0.25) is 10.0 Å². The van der Waals surface area contributed by atoms with E-state index in [0.717, 1.165) is 17.0 Å². The van der Waals surface area contributed by atoms with E-state index in [4.69, 9.17) is 23.2 Å². The molecule has 0 spiro atoms. The van der Waals surface area contributed by atoms with Crippen molar-refractivity contribution in [3.63, 3.8) is 0 Å². The zero-order valence-electron chi connectivity index (χ0n) is 14.4. The van der Waals surface area contributed by atoms with Crippen molar-refractivity contribution in [3.8, 4) is 0 Å². The van der Waals surface area contributed by atoms with Gasteiger partial charge in [-0.15, -0.1) is 0 Å². The molecular weight excluding hydrogens is 444 g/mol. The standard InChI is InChI=1S/C20H11Cl2F3N2OS/c21-13-7-6-12(10-14(13)22)26-19(28)27-15-3-1-2-4-17(15)29-18-8-5-11(9-16(18)27)20(23,24)25/h1-10H,(H,26,28). The second-order valence-corrected chi connectivity index (χ2v) is 8.04. The number of fused-ring (bicyclic) bond motifs is 2. The molecule has 0 saturated carbocycles. The second-order valence-electron chi connectivity index (χ2n) is 6.14. The van der Waals surface area contributed by atoms with Gasteiger partial charge in [-0.3, -0.25) is 4.90 Å². The minimum absolute atomic E-state index is 0.154. The Morgan fingerprint density at radius 1 is 0.897 bits per heavy atom. The van der Waals surface area contributed by atoms with Gasteiger partial charge in [-0.2, -0.15) is 13.2 Å².